The van der Waals surface area contributed by atoms with E-state index in [1.54, 1.807) is 0 Å². The molecule has 0 N–H and O–H groups in total. The molecule has 0 spiro atoms. The minimum absolute atomic E-state index is 0.353. The SMILES string of the molecule is N#Cc1cc(CBr)ccc1N1CC2CCC(C1)O2. The van der Waals surface area contributed by atoms with Crippen LogP contribution in [0.5, 0.6) is 0 Å². The van der Waals surface area contributed by atoms with E-state index in [9.17, 15) is 5.26 Å². The van der Waals surface area contributed by atoms with Gasteiger partial charge >= 0.3 is 0 Å². The molecule has 94 valence electrons. The van der Waals surface area contributed by atoms with Gasteiger partial charge in [0.15, 0.2) is 0 Å². The van der Waals surface area contributed by atoms with Gasteiger partial charge in [0.05, 0.1) is 23.5 Å². The third-order valence-electron chi connectivity index (χ3n) is 3.72. The number of rotatable bonds is 2. The van der Waals surface area contributed by atoms with E-state index in [-0.39, 0.29) is 0 Å². The molecule has 2 heterocycles. The molecule has 0 amide bonds. The van der Waals surface area contributed by atoms with Crippen molar-refractivity contribution in [3.05, 3.63) is 29.3 Å². The molecule has 2 fully saturated rings. The lowest BCUT2D eigenvalue weighted by Gasteiger charge is -2.34. The average Bonchev–Trinajstić information content (AvgIpc) is 2.76. The first-order chi connectivity index (χ1) is 8.80. The smallest absolute Gasteiger partial charge is 0.101 e. The van der Waals surface area contributed by atoms with E-state index in [1.165, 1.54) is 0 Å². The second kappa shape index (κ2) is 4.91. The van der Waals surface area contributed by atoms with Crippen molar-refractivity contribution < 1.29 is 4.74 Å². The maximum absolute atomic E-state index is 9.29. The summed E-state index contributed by atoms with van der Waals surface area (Å²) in [4.78, 5) is 2.31. The Hall–Kier alpha value is -1.05. The van der Waals surface area contributed by atoms with Gasteiger partial charge in [-0.2, -0.15) is 5.26 Å². The number of nitrogens with zero attached hydrogens (tertiary/aromatic N) is 2. The van der Waals surface area contributed by atoms with Gasteiger partial charge in [0, 0.05) is 18.4 Å². The van der Waals surface area contributed by atoms with E-state index in [0.29, 0.717) is 12.2 Å². The van der Waals surface area contributed by atoms with Crippen molar-refractivity contribution >= 4 is 21.6 Å². The fourth-order valence-electron chi connectivity index (χ4n) is 2.84. The van der Waals surface area contributed by atoms with Crippen LogP contribution in [0.25, 0.3) is 0 Å². The Morgan fingerprint density at radius 1 is 1.33 bits per heavy atom. The summed E-state index contributed by atoms with van der Waals surface area (Å²) in [6.07, 6.45) is 3.02. The lowest BCUT2D eigenvalue weighted by atomic mass is 10.1. The largest absolute Gasteiger partial charge is 0.371 e. The number of hydrogen-bond donors (Lipinski definition) is 0. The first-order valence-corrected chi connectivity index (χ1v) is 7.41. The quantitative estimate of drug-likeness (QED) is 0.788. The molecule has 2 aliphatic rings. The average molecular weight is 307 g/mol. The molecule has 0 saturated carbocycles. The summed E-state index contributed by atoms with van der Waals surface area (Å²) >= 11 is 3.43. The van der Waals surface area contributed by atoms with E-state index in [4.69, 9.17) is 4.74 Å². The van der Waals surface area contributed by atoms with Crippen LogP contribution in [-0.4, -0.2) is 25.3 Å². The van der Waals surface area contributed by atoms with Crippen LogP contribution in [-0.2, 0) is 10.1 Å². The molecule has 2 aliphatic heterocycles. The van der Waals surface area contributed by atoms with Gasteiger partial charge in [0.25, 0.3) is 0 Å². The molecule has 2 unspecified atom stereocenters. The number of hydrogen-bond acceptors (Lipinski definition) is 3. The molecule has 0 aliphatic carbocycles. The Labute approximate surface area is 115 Å². The molecule has 0 aromatic heterocycles. The summed E-state index contributed by atoms with van der Waals surface area (Å²) in [6.45, 7) is 1.83. The lowest BCUT2D eigenvalue weighted by molar-refractivity contribution is 0.0305. The van der Waals surface area contributed by atoms with Gasteiger partial charge in [-0.05, 0) is 30.5 Å². The van der Waals surface area contributed by atoms with Crippen molar-refractivity contribution in [2.24, 2.45) is 0 Å². The Morgan fingerprint density at radius 3 is 2.67 bits per heavy atom. The number of alkyl halides is 1. The van der Waals surface area contributed by atoms with Gasteiger partial charge < -0.3 is 9.64 Å². The van der Waals surface area contributed by atoms with Gasteiger partial charge in [-0.25, -0.2) is 0 Å². The summed E-state index contributed by atoms with van der Waals surface area (Å²) in [6, 6.07) is 8.44. The zero-order valence-corrected chi connectivity index (χ0v) is 11.7. The van der Waals surface area contributed by atoms with Crippen molar-refractivity contribution in [2.45, 2.75) is 30.4 Å². The summed E-state index contributed by atoms with van der Waals surface area (Å²) in [5.74, 6) is 0. The molecule has 3 nitrogen and oxygen atoms in total. The van der Waals surface area contributed by atoms with Crippen LogP contribution in [0.2, 0.25) is 0 Å². The number of benzene rings is 1. The molecule has 2 saturated heterocycles. The fraction of sp³-hybridized carbons (Fsp3) is 0.500. The normalized spacial score (nSPS) is 26.1. The summed E-state index contributed by atoms with van der Waals surface area (Å²) < 4.78 is 5.84. The summed E-state index contributed by atoms with van der Waals surface area (Å²) in [5, 5.41) is 10.1. The molecule has 18 heavy (non-hydrogen) atoms. The van der Waals surface area contributed by atoms with E-state index >= 15 is 0 Å². The highest BCUT2D eigenvalue weighted by Gasteiger charge is 2.34. The van der Waals surface area contributed by atoms with Crippen LogP contribution in [0.15, 0.2) is 18.2 Å². The maximum Gasteiger partial charge on any atom is 0.101 e. The van der Waals surface area contributed by atoms with Crippen molar-refractivity contribution in [1.29, 1.82) is 5.26 Å². The van der Waals surface area contributed by atoms with E-state index in [2.05, 4.69) is 39.0 Å². The molecule has 1 aromatic rings. The van der Waals surface area contributed by atoms with Gasteiger partial charge in [-0.1, -0.05) is 22.0 Å². The van der Waals surface area contributed by atoms with Crippen molar-refractivity contribution in [1.82, 2.24) is 0 Å². The third-order valence-corrected chi connectivity index (χ3v) is 4.37. The van der Waals surface area contributed by atoms with E-state index < -0.39 is 0 Å². The maximum atomic E-state index is 9.29. The van der Waals surface area contributed by atoms with Gasteiger partial charge in [0.1, 0.15) is 6.07 Å². The zero-order chi connectivity index (χ0) is 12.5. The van der Waals surface area contributed by atoms with Crippen molar-refractivity contribution in [3.8, 4) is 6.07 Å². The molecule has 4 heteroatoms. The van der Waals surface area contributed by atoms with Crippen LogP contribution in [0.3, 0.4) is 0 Å². The van der Waals surface area contributed by atoms with Crippen LogP contribution in [0.4, 0.5) is 5.69 Å². The van der Waals surface area contributed by atoms with Crippen LogP contribution >= 0.6 is 15.9 Å². The molecular weight excluding hydrogens is 292 g/mol. The lowest BCUT2D eigenvalue weighted by Crippen LogP contribution is -2.42. The van der Waals surface area contributed by atoms with E-state index in [0.717, 1.165) is 48.1 Å². The highest BCUT2D eigenvalue weighted by atomic mass is 79.9. The monoisotopic (exact) mass is 306 g/mol. The Balaban J connectivity index is 1.90. The second-order valence-corrected chi connectivity index (χ2v) is 5.52. The van der Waals surface area contributed by atoms with Crippen LogP contribution < -0.4 is 4.90 Å². The molecule has 3 rings (SSSR count). The van der Waals surface area contributed by atoms with Crippen LogP contribution in [0, 0.1) is 11.3 Å². The molecule has 2 bridgehead atoms. The predicted molar refractivity (Wildman–Crippen MR) is 73.9 cm³/mol. The molecule has 1 aromatic carbocycles. The molecular formula is C14H15BrN2O. The minimum Gasteiger partial charge on any atom is -0.371 e. The van der Waals surface area contributed by atoms with Gasteiger partial charge in [-0.3, -0.25) is 0 Å². The second-order valence-electron chi connectivity index (χ2n) is 4.96. The first-order valence-electron chi connectivity index (χ1n) is 6.29. The van der Waals surface area contributed by atoms with Crippen LogP contribution in [0.1, 0.15) is 24.0 Å². The van der Waals surface area contributed by atoms with Crippen molar-refractivity contribution in [2.75, 3.05) is 18.0 Å². The number of morpholine rings is 1. The molecule has 0 radical (unpaired) electrons. The molecule has 2 atom stereocenters. The highest BCUT2D eigenvalue weighted by Crippen LogP contribution is 2.31. The number of fused-ring (bicyclic) bond motifs is 2. The number of nitriles is 1. The van der Waals surface area contributed by atoms with Crippen molar-refractivity contribution in [3.63, 3.8) is 0 Å². The Morgan fingerprint density at radius 2 is 2.06 bits per heavy atom. The van der Waals surface area contributed by atoms with E-state index in [1.807, 2.05) is 6.07 Å². The zero-order valence-electron chi connectivity index (χ0n) is 10.1. The number of ether oxygens (including phenoxy) is 1. The first kappa shape index (κ1) is 12.0. The summed E-state index contributed by atoms with van der Waals surface area (Å²) in [5.41, 5.74) is 2.97. The predicted octanol–water partition coefficient (Wildman–Crippen LogP) is 2.82. The number of halogens is 1. The highest BCUT2D eigenvalue weighted by molar-refractivity contribution is 9.08. The van der Waals surface area contributed by atoms with Gasteiger partial charge in [0.2, 0.25) is 0 Å². The fourth-order valence-corrected chi connectivity index (χ4v) is 3.19. The Kier molecular flexibility index (Phi) is 3.27. The standard InChI is InChI=1S/C14H15BrN2O/c15-6-10-1-4-14(11(5-10)7-16)17-8-12-2-3-13(9-17)18-12/h1,4-5,12-13H,2-3,6,8-9H2. The number of anilines is 1. The van der Waals surface area contributed by atoms with Gasteiger partial charge in [-0.15, -0.1) is 0 Å². The minimum atomic E-state index is 0.353. The Bertz CT molecular complexity index is 485. The summed E-state index contributed by atoms with van der Waals surface area (Å²) in [7, 11) is 0. The third kappa shape index (κ3) is 2.13. The topological polar surface area (TPSA) is 36.3 Å².